The molecule has 11 nitrogen and oxygen atoms in total. The number of anilines is 3. The summed E-state index contributed by atoms with van der Waals surface area (Å²) >= 11 is 0. The van der Waals surface area contributed by atoms with Gasteiger partial charge in [-0.2, -0.15) is 10.1 Å². The Kier molecular flexibility index (Phi) is 5.71. The average molecular weight is 470 g/mol. The van der Waals surface area contributed by atoms with E-state index in [9.17, 15) is 4.79 Å². The number of methoxy groups -OCH3 is 1. The molecule has 0 fully saturated rings. The lowest BCUT2D eigenvalue weighted by molar-refractivity contribution is 0.100. The molecule has 0 aliphatic rings. The molecule has 0 radical (unpaired) electrons. The summed E-state index contributed by atoms with van der Waals surface area (Å²) in [6.45, 7) is 0.458. The molecule has 0 unspecified atom stereocenters. The SMILES string of the molecule is COc1c(Nc2nc(NCc3cnn(C)c3)ncc2C(N)=O)cccc1-c1nc2ccccc2o1. The van der Waals surface area contributed by atoms with Crippen LogP contribution in [-0.4, -0.2) is 37.7 Å². The largest absolute Gasteiger partial charge is 0.494 e. The van der Waals surface area contributed by atoms with Crippen LogP contribution < -0.4 is 21.1 Å². The highest BCUT2D eigenvalue weighted by Gasteiger charge is 2.19. The molecule has 1 amide bonds. The number of carbonyl (C=O) groups excluding carboxylic acids is 1. The van der Waals surface area contributed by atoms with Gasteiger partial charge in [0.25, 0.3) is 5.91 Å². The van der Waals surface area contributed by atoms with Crippen molar-refractivity contribution in [2.75, 3.05) is 17.7 Å². The zero-order valence-electron chi connectivity index (χ0n) is 19.0. The third-order valence-corrected chi connectivity index (χ3v) is 5.26. The number of nitrogens with zero attached hydrogens (tertiary/aromatic N) is 5. The van der Waals surface area contributed by atoms with Gasteiger partial charge in [0.05, 0.1) is 24.6 Å². The van der Waals surface area contributed by atoms with Crippen molar-refractivity contribution in [3.63, 3.8) is 0 Å². The highest BCUT2D eigenvalue weighted by Crippen LogP contribution is 2.38. The van der Waals surface area contributed by atoms with E-state index in [-0.39, 0.29) is 11.4 Å². The number of hydrogen-bond donors (Lipinski definition) is 3. The van der Waals surface area contributed by atoms with E-state index in [0.717, 1.165) is 11.1 Å². The molecule has 0 aliphatic carbocycles. The number of carbonyl (C=O) groups is 1. The minimum Gasteiger partial charge on any atom is -0.494 e. The normalized spacial score (nSPS) is 10.9. The number of aryl methyl sites for hydroxylation is 1. The molecule has 4 N–H and O–H groups in total. The number of amides is 1. The second-order valence-electron chi connectivity index (χ2n) is 7.69. The zero-order chi connectivity index (χ0) is 24.4. The Bertz CT molecular complexity index is 1490. The van der Waals surface area contributed by atoms with Crippen molar-refractivity contribution < 1.29 is 13.9 Å². The first-order valence-corrected chi connectivity index (χ1v) is 10.7. The van der Waals surface area contributed by atoms with Gasteiger partial charge in [-0.05, 0) is 24.3 Å². The second-order valence-corrected chi connectivity index (χ2v) is 7.69. The molecule has 3 aromatic heterocycles. The maximum atomic E-state index is 12.1. The summed E-state index contributed by atoms with van der Waals surface area (Å²) in [7, 11) is 3.38. The van der Waals surface area contributed by atoms with Crippen LogP contribution in [0.25, 0.3) is 22.6 Å². The lowest BCUT2D eigenvalue weighted by Gasteiger charge is -2.15. The van der Waals surface area contributed by atoms with Gasteiger partial charge in [0.15, 0.2) is 11.3 Å². The average Bonchev–Trinajstić information content (AvgIpc) is 3.48. The molecule has 0 spiro atoms. The van der Waals surface area contributed by atoms with Crippen LogP contribution in [0, 0.1) is 0 Å². The van der Waals surface area contributed by atoms with E-state index >= 15 is 0 Å². The van der Waals surface area contributed by atoms with Gasteiger partial charge in [-0.25, -0.2) is 9.97 Å². The van der Waals surface area contributed by atoms with Crippen LogP contribution in [0.1, 0.15) is 15.9 Å². The lowest BCUT2D eigenvalue weighted by Crippen LogP contribution is -2.16. The number of primary amides is 1. The monoisotopic (exact) mass is 470 g/mol. The Morgan fingerprint density at radius 1 is 1.14 bits per heavy atom. The molecule has 0 bridgehead atoms. The Hall–Kier alpha value is -4.93. The van der Waals surface area contributed by atoms with Gasteiger partial charge in [-0.15, -0.1) is 0 Å². The lowest BCUT2D eigenvalue weighted by atomic mass is 10.1. The Morgan fingerprint density at radius 2 is 2.00 bits per heavy atom. The van der Waals surface area contributed by atoms with E-state index in [1.165, 1.54) is 6.20 Å². The van der Waals surface area contributed by atoms with Crippen molar-refractivity contribution in [2.24, 2.45) is 12.8 Å². The van der Waals surface area contributed by atoms with Crippen LogP contribution in [-0.2, 0) is 13.6 Å². The number of para-hydroxylation sites is 3. The number of benzene rings is 2. The molecule has 0 saturated heterocycles. The molecule has 0 saturated carbocycles. The Morgan fingerprint density at radius 3 is 2.74 bits per heavy atom. The molecule has 35 heavy (non-hydrogen) atoms. The van der Waals surface area contributed by atoms with E-state index in [1.807, 2.05) is 49.6 Å². The maximum absolute atomic E-state index is 12.1. The van der Waals surface area contributed by atoms with Crippen molar-refractivity contribution in [1.82, 2.24) is 24.7 Å². The predicted molar refractivity (Wildman–Crippen MR) is 130 cm³/mol. The van der Waals surface area contributed by atoms with Gasteiger partial charge >= 0.3 is 0 Å². The number of ether oxygens (including phenoxy) is 1. The number of oxazole rings is 1. The molecule has 11 heteroatoms. The number of nitrogens with one attached hydrogen (secondary N) is 2. The number of hydrogen-bond acceptors (Lipinski definition) is 9. The zero-order valence-corrected chi connectivity index (χ0v) is 19.0. The van der Waals surface area contributed by atoms with Gasteiger partial charge < -0.3 is 25.5 Å². The first kappa shape index (κ1) is 21.9. The maximum Gasteiger partial charge on any atom is 0.254 e. The summed E-state index contributed by atoms with van der Waals surface area (Å²) in [4.78, 5) is 25.3. The number of fused-ring (bicyclic) bond motifs is 1. The summed E-state index contributed by atoms with van der Waals surface area (Å²) in [5, 5.41) is 10.4. The summed E-state index contributed by atoms with van der Waals surface area (Å²) < 4.78 is 13.3. The highest BCUT2D eigenvalue weighted by atomic mass is 16.5. The van der Waals surface area contributed by atoms with E-state index in [2.05, 4.69) is 30.7 Å². The van der Waals surface area contributed by atoms with Crippen LogP contribution in [0.5, 0.6) is 5.75 Å². The van der Waals surface area contributed by atoms with Crippen LogP contribution in [0.2, 0.25) is 0 Å². The summed E-state index contributed by atoms with van der Waals surface area (Å²) in [5.41, 5.74) is 9.25. The fourth-order valence-corrected chi connectivity index (χ4v) is 3.63. The molecule has 3 heterocycles. The summed E-state index contributed by atoms with van der Waals surface area (Å²) in [6.07, 6.45) is 5.00. The van der Waals surface area contributed by atoms with E-state index in [1.54, 1.807) is 24.1 Å². The van der Waals surface area contributed by atoms with Gasteiger partial charge in [-0.3, -0.25) is 9.48 Å². The van der Waals surface area contributed by atoms with Crippen molar-refractivity contribution in [2.45, 2.75) is 6.54 Å². The van der Waals surface area contributed by atoms with Crippen molar-refractivity contribution >= 4 is 34.5 Å². The van der Waals surface area contributed by atoms with Gasteiger partial charge in [0.1, 0.15) is 16.9 Å². The van der Waals surface area contributed by atoms with Gasteiger partial charge in [-0.1, -0.05) is 18.2 Å². The second kappa shape index (κ2) is 9.14. The minimum absolute atomic E-state index is 0.131. The van der Waals surface area contributed by atoms with E-state index < -0.39 is 5.91 Å². The first-order valence-electron chi connectivity index (χ1n) is 10.7. The molecule has 0 atom stereocenters. The molecule has 5 rings (SSSR count). The van der Waals surface area contributed by atoms with Crippen LogP contribution in [0.3, 0.4) is 0 Å². The van der Waals surface area contributed by atoms with Crippen LogP contribution in [0.4, 0.5) is 17.5 Å². The quantitative estimate of drug-likeness (QED) is 0.310. The number of aromatic nitrogens is 5. The summed E-state index contributed by atoms with van der Waals surface area (Å²) in [5.74, 6) is 0.756. The third kappa shape index (κ3) is 4.47. The Labute approximate surface area is 200 Å². The topological polar surface area (TPSA) is 146 Å². The van der Waals surface area contributed by atoms with Crippen molar-refractivity contribution in [3.8, 4) is 17.2 Å². The fraction of sp³-hybridized carbons (Fsp3) is 0.125. The number of nitrogens with two attached hydrogens (primary N) is 1. The molecular weight excluding hydrogens is 448 g/mol. The van der Waals surface area contributed by atoms with Crippen LogP contribution in [0.15, 0.2) is 65.5 Å². The highest BCUT2D eigenvalue weighted by molar-refractivity contribution is 5.98. The molecule has 5 aromatic rings. The van der Waals surface area contributed by atoms with E-state index in [4.69, 9.17) is 14.9 Å². The van der Waals surface area contributed by atoms with Crippen molar-refractivity contribution in [1.29, 1.82) is 0 Å². The molecule has 2 aromatic carbocycles. The van der Waals surface area contributed by atoms with Gasteiger partial charge in [0, 0.05) is 31.5 Å². The fourth-order valence-electron chi connectivity index (χ4n) is 3.63. The number of rotatable bonds is 8. The third-order valence-electron chi connectivity index (χ3n) is 5.26. The van der Waals surface area contributed by atoms with Gasteiger partial charge in [0.2, 0.25) is 11.8 Å². The van der Waals surface area contributed by atoms with Crippen molar-refractivity contribution in [3.05, 3.63) is 72.2 Å². The minimum atomic E-state index is -0.666. The summed E-state index contributed by atoms with van der Waals surface area (Å²) in [6, 6.07) is 12.9. The Balaban J connectivity index is 1.48. The standard InChI is InChI=1S/C24H22N8O3/c1-32-13-14(11-28-32)10-26-24-27-12-16(21(25)33)22(31-24)29-18-8-5-6-15(20(18)34-2)23-30-17-7-3-4-9-19(17)35-23/h3-9,11-13H,10H2,1-2H3,(H2,25,33)(H2,26,27,29,31). The first-order chi connectivity index (χ1) is 17.0. The predicted octanol–water partition coefficient (Wildman–Crippen LogP) is 3.48. The van der Waals surface area contributed by atoms with Crippen LogP contribution >= 0.6 is 0 Å². The molecule has 176 valence electrons. The molecular formula is C24H22N8O3. The molecule has 0 aliphatic heterocycles. The smallest absolute Gasteiger partial charge is 0.254 e. The van der Waals surface area contributed by atoms with E-state index in [0.29, 0.717) is 41.0 Å².